The molecule has 0 rings (SSSR count). The fraction of sp³-hybridized carbons (Fsp3) is 0.667. The molecule has 0 unspecified atom stereocenters. The van der Waals surface area contributed by atoms with E-state index in [9.17, 15) is 0 Å². The molecule has 0 saturated carbocycles. The monoisotopic (exact) mass is 150 g/mol. The fourth-order valence-electron chi connectivity index (χ4n) is 0.390. The maximum Gasteiger partial charge on any atom is 0.0477 e. The Balaban J connectivity index is 0. The average molecular weight is 151 g/mol. The van der Waals surface area contributed by atoms with Crippen LogP contribution in [0.3, 0.4) is 0 Å². The van der Waals surface area contributed by atoms with E-state index >= 15 is 0 Å². The van der Waals surface area contributed by atoms with Crippen molar-refractivity contribution in [2.45, 2.75) is 0 Å². The highest BCUT2D eigenvalue weighted by atomic mass is 35.5. The van der Waals surface area contributed by atoms with Gasteiger partial charge in [0, 0.05) is 13.2 Å². The van der Waals surface area contributed by atoms with Crippen molar-refractivity contribution in [2.24, 2.45) is 0 Å². The first-order valence-corrected chi connectivity index (χ1v) is 2.73. The van der Waals surface area contributed by atoms with Gasteiger partial charge in [-0.05, 0) is 14.1 Å². The zero-order valence-corrected chi connectivity index (χ0v) is 6.87. The highest BCUT2D eigenvalue weighted by Gasteiger charge is 1.82. The van der Waals surface area contributed by atoms with Crippen LogP contribution in [0.5, 0.6) is 0 Å². The van der Waals surface area contributed by atoms with Gasteiger partial charge in [-0.15, -0.1) is 19.0 Å². The molecule has 0 aliphatic heterocycles. The van der Waals surface area contributed by atoms with Crippen LogP contribution >= 0.6 is 12.4 Å². The van der Waals surface area contributed by atoms with Gasteiger partial charge in [0.1, 0.15) is 0 Å². The van der Waals surface area contributed by atoms with Gasteiger partial charge < -0.3 is 5.32 Å². The van der Waals surface area contributed by atoms with Crippen molar-refractivity contribution in [1.82, 2.24) is 10.2 Å². The summed E-state index contributed by atoms with van der Waals surface area (Å²) in [6.07, 6.45) is 1.85. The second-order valence-electron chi connectivity index (χ2n) is 1.98. The lowest BCUT2D eigenvalue weighted by Crippen LogP contribution is -2.27. The molecular formula is C6H15ClN2. The third-order valence-corrected chi connectivity index (χ3v) is 0.717. The van der Waals surface area contributed by atoms with Crippen molar-refractivity contribution in [2.75, 3.05) is 27.3 Å². The second kappa shape index (κ2) is 7.95. The fourth-order valence-corrected chi connectivity index (χ4v) is 0.390. The molecule has 0 radical (unpaired) electrons. The topological polar surface area (TPSA) is 15.3 Å². The number of hydrogen-bond donors (Lipinski definition) is 1. The van der Waals surface area contributed by atoms with Crippen molar-refractivity contribution in [3.8, 4) is 0 Å². The predicted molar refractivity (Wildman–Crippen MR) is 44.0 cm³/mol. The smallest absolute Gasteiger partial charge is 0.0477 e. The molecule has 0 bridgehead atoms. The number of hydrogen-bond acceptors (Lipinski definition) is 2. The molecule has 0 aromatic carbocycles. The minimum atomic E-state index is 0. The summed E-state index contributed by atoms with van der Waals surface area (Å²) in [6, 6.07) is 0. The Morgan fingerprint density at radius 1 is 1.56 bits per heavy atom. The van der Waals surface area contributed by atoms with Crippen LogP contribution in [0.4, 0.5) is 0 Å². The van der Waals surface area contributed by atoms with Gasteiger partial charge in [0.2, 0.25) is 0 Å². The van der Waals surface area contributed by atoms with Crippen molar-refractivity contribution >= 4 is 12.4 Å². The standard InChI is InChI=1S/C6H14N2.ClH/c1-4-5-7-6-8(2)3;/h4,7H,1,5-6H2,2-3H3;1H. The van der Waals surface area contributed by atoms with E-state index in [2.05, 4.69) is 16.8 Å². The number of halogens is 1. The second-order valence-corrected chi connectivity index (χ2v) is 1.98. The van der Waals surface area contributed by atoms with Crippen LogP contribution in [0.25, 0.3) is 0 Å². The van der Waals surface area contributed by atoms with Gasteiger partial charge >= 0.3 is 0 Å². The van der Waals surface area contributed by atoms with Gasteiger partial charge in [-0.2, -0.15) is 0 Å². The summed E-state index contributed by atoms with van der Waals surface area (Å²) in [5.74, 6) is 0. The molecular weight excluding hydrogens is 136 g/mol. The molecule has 0 aliphatic carbocycles. The lowest BCUT2D eigenvalue weighted by molar-refractivity contribution is 0.377. The summed E-state index contributed by atoms with van der Waals surface area (Å²) >= 11 is 0. The third-order valence-electron chi connectivity index (χ3n) is 0.717. The van der Waals surface area contributed by atoms with E-state index in [0.717, 1.165) is 13.2 Å². The zero-order valence-electron chi connectivity index (χ0n) is 6.05. The molecule has 0 heterocycles. The van der Waals surface area contributed by atoms with Gasteiger partial charge in [0.15, 0.2) is 0 Å². The summed E-state index contributed by atoms with van der Waals surface area (Å²) < 4.78 is 0. The Labute approximate surface area is 63.3 Å². The molecule has 0 spiro atoms. The number of nitrogens with one attached hydrogen (secondary N) is 1. The Morgan fingerprint density at radius 2 is 2.11 bits per heavy atom. The van der Waals surface area contributed by atoms with Crippen LogP contribution in [0.2, 0.25) is 0 Å². The maximum absolute atomic E-state index is 3.58. The van der Waals surface area contributed by atoms with Crippen molar-refractivity contribution in [3.63, 3.8) is 0 Å². The van der Waals surface area contributed by atoms with Gasteiger partial charge in [0.25, 0.3) is 0 Å². The van der Waals surface area contributed by atoms with E-state index < -0.39 is 0 Å². The molecule has 0 aromatic heterocycles. The van der Waals surface area contributed by atoms with Crippen LogP contribution in [0.1, 0.15) is 0 Å². The Morgan fingerprint density at radius 3 is 2.44 bits per heavy atom. The van der Waals surface area contributed by atoms with Crippen molar-refractivity contribution < 1.29 is 0 Å². The molecule has 1 N–H and O–H groups in total. The number of rotatable bonds is 4. The molecule has 0 amide bonds. The van der Waals surface area contributed by atoms with E-state index in [1.54, 1.807) is 0 Å². The van der Waals surface area contributed by atoms with E-state index in [4.69, 9.17) is 0 Å². The lowest BCUT2D eigenvalue weighted by Gasteiger charge is -2.08. The highest BCUT2D eigenvalue weighted by Crippen LogP contribution is 1.66. The average Bonchev–Trinajstić information content (AvgIpc) is 1.66. The first kappa shape index (κ1) is 11.7. The summed E-state index contributed by atoms with van der Waals surface area (Å²) in [5.41, 5.74) is 0. The molecule has 56 valence electrons. The zero-order chi connectivity index (χ0) is 6.41. The summed E-state index contributed by atoms with van der Waals surface area (Å²) in [7, 11) is 4.05. The summed E-state index contributed by atoms with van der Waals surface area (Å²) in [4.78, 5) is 2.07. The predicted octanol–water partition coefficient (Wildman–Crippen LogP) is 0.703. The van der Waals surface area contributed by atoms with Crippen LogP contribution in [-0.2, 0) is 0 Å². The van der Waals surface area contributed by atoms with E-state index in [-0.39, 0.29) is 12.4 Å². The minimum Gasteiger partial charge on any atom is -0.301 e. The quantitative estimate of drug-likeness (QED) is 0.361. The Bertz CT molecular complexity index is 64.1. The summed E-state index contributed by atoms with van der Waals surface area (Å²) in [6.45, 7) is 5.39. The molecule has 3 heteroatoms. The van der Waals surface area contributed by atoms with Crippen LogP contribution in [-0.4, -0.2) is 32.2 Å². The highest BCUT2D eigenvalue weighted by molar-refractivity contribution is 5.85. The van der Waals surface area contributed by atoms with Crippen LogP contribution < -0.4 is 5.32 Å². The molecule has 9 heavy (non-hydrogen) atoms. The van der Waals surface area contributed by atoms with Crippen LogP contribution in [0, 0.1) is 0 Å². The maximum atomic E-state index is 3.58. The first-order chi connectivity index (χ1) is 3.77. The largest absolute Gasteiger partial charge is 0.301 e. The van der Waals surface area contributed by atoms with E-state index in [1.807, 2.05) is 20.2 Å². The molecule has 0 aliphatic rings. The van der Waals surface area contributed by atoms with Gasteiger partial charge in [-0.3, -0.25) is 4.90 Å². The van der Waals surface area contributed by atoms with E-state index in [0.29, 0.717) is 0 Å². The molecule has 0 atom stereocenters. The molecule has 2 nitrogen and oxygen atoms in total. The minimum absolute atomic E-state index is 0. The normalized spacial score (nSPS) is 8.78. The van der Waals surface area contributed by atoms with Crippen molar-refractivity contribution in [3.05, 3.63) is 12.7 Å². The summed E-state index contributed by atoms with van der Waals surface area (Å²) in [5, 5.41) is 3.14. The lowest BCUT2D eigenvalue weighted by atomic mass is 10.6. The van der Waals surface area contributed by atoms with Crippen molar-refractivity contribution in [1.29, 1.82) is 0 Å². The van der Waals surface area contributed by atoms with Gasteiger partial charge in [-0.1, -0.05) is 6.08 Å². The van der Waals surface area contributed by atoms with Gasteiger partial charge in [0.05, 0.1) is 0 Å². The molecule has 0 fully saturated rings. The first-order valence-electron chi connectivity index (χ1n) is 2.73. The third kappa shape index (κ3) is 11.5. The Hall–Kier alpha value is -0.0500. The SMILES string of the molecule is C=CCNCN(C)C.Cl. The molecule has 0 aromatic rings. The Kier molecular flexibility index (Phi) is 10.3. The van der Waals surface area contributed by atoms with Crippen LogP contribution in [0.15, 0.2) is 12.7 Å². The van der Waals surface area contributed by atoms with Gasteiger partial charge in [-0.25, -0.2) is 0 Å². The number of nitrogens with zero attached hydrogens (tertiary/aromatic N) is 1. The molecule has 0 saturated heterocycles. The van der Waals surface area contributed by atoms with E-state index in [1.165, 1.54) is 0 Å².